The van der Waals surface area contributed by atoms with E-state index in [1.165, 1.54) is 5.56 Å². The molecule has 1 aliphatic rings. The Morgan fingerprint density at radius 1 is 1.29 bits per heavy atom. The van der Waals surface area contributed by atoms with Crippen molar-refractivity contribution in [3.63, 3.8) is 0 Å². The van der Waals surface area contributed by atoms with Crippen molar-refractivity contribution in [1.29, 1.82) is 0 Å². The highest BCUT2D eigenvalue weighted by Crippen LogP contribution is 2.27. The molecule has 21 heavy (non-hydrogen) atoms. The monoisotopic (exact) mass is 290 g/mol. The number of ether oxygens (including phenoxy) is 1. The molecule has 1 heterocycles. The summed E-state index contributed by atoms with van der Waals surface area (Å²) in [5.74, 6) is 0.888. The Balaban J connectivity index is 2.12. The van der Waals surface area contributed by atoms with Crippen LogP contribution in [-0.2, 0) is 4.79 Å². The zero-order chi connectivity index (χ0) is 15.4. The normalized spacial score (nSPS) is 17.6. The topological polar surface area (TPSA) is 41.6 Å². The van der Waals surface area contributed by atoms with Crippen LogP contribution < -0.4 is 10.1 Å². The Hall–Kier alpha value is -1.55. The summed E-state index contributed by atoms with van der Waals surface area (Å²) in [6.07, 6.45) is 1.77. The summed E-state index contributed by atoms with van der Waals surface area (Å²) in [5.41, 5.74) is 2.29. The van der Waals surface area contributed by atoms with Crippen molar-refractivity contribution in [2.75, 3.05) is 20.1 Å². The van der Waals surface area contributed by atoms with Crippen molar-refractivity contribution in [3.05, 3.63) is 29.3 Å². The van der Waals surface area contributed by atoms with Gasteiger partial charge >= 0.3 is 0 Å². The standard InChI is InChI=1S/C17H26N2O2/c1-12-7-8-16(15(11-12)13(2)18-4)21-14(3)17(20)19-9-5-6-10-19/h7-8,11,13-14,18H,5-6,9-10H2,1-4H3. The lowest BCUT2D eigenvalue weighted by atomic mass is 10.0. The summed E-state index contributed by atoms with van der Waals surface area (Å²) in [4.78, 5) is 14.3. The molecule has 2 unspecified atom stereocenters. The Kier molecular flexibility index (Phi) is 5.23. The van der Waals surface area contributed by atoms with Gasteiger partial charge in [-0.05, 0) is 46.7 Å². The fraction of sp³-hybridized carbons (Fsp3) is 0.588. The van der Waals surface area contributed by atoms with Gasteiger partial charge in [-0.15, -0.1) is 0 Å². The highest BCUT2D eigenvalue weighted by molar-refractivity contribution is 5.81. The minimum atomic E-state index is -0.436. The third-order valence-electron chi connectivity index (χ3n) is 4.13. The predicted molar refractivity (Wildman–Crippen MR) is 84.6 cm³/mol. The molecule has 1 amide bonds. The molecule has 0 aliphatic carbocycles. The predicted octanol–water partition coefficient (Wildman–Crippen LogP) is 2.67. The number of hydrogen-bond donors (Lipinski definition) is 1. The van der Waals surface area contributed by atoms with Gasteiger partial charge in [-0.1, -0.05) is 17.7 Å². The molecule has 2 atom stereocenters. The lowest BCUT2D eigenvalue weighted by Gasteiger charge is -2.24. The smallest absolute Gasteiger partial charge is 0.263 e. The number of benzene rings is 1. The van der Waals surface area contributed by atoms with Gasteiger partial charge in [0.25, 0.3) is 5.91 Å². The van der Waals surface area contributed by atoms with E-state index in [-0.39, 0.29) is 11.9 Å². The summed E-state index contributed by atoms with van der Waals surface area (Å²) in [5, 5.41) is 3.23. The molecule has 1 aliphatic heterocycles. The molecule has 1 N–H and O–H groups in total. The molecule has 0 bridgehead atoms. The molecule has 0 spiro atoms. The first-order valence-corrected chi connectivity index (χ1v) is 7.76. The number of hydrogen-bond acceptors (Lipinski definition) is 3. The van der Waals surface area contributed by atoms with Gasteiger partial charge < -0.3 is 15.0 Å². The maximum atomic E-state index is 12.4. The molecule has 1 saturated heterocycles. The van der Waals surface area contributed by atoms with Crippen LogP contribution in [0, 0.1) is 6.92 Å². The summed E-state index contributed by atoms with van der Waals surface area (Å²) in [6, 6.07) is 6.29. The van der Waals surface area contributed by atoms with Crippen molar-refractivity contribution >= 4 is 5.91 Å². The maximum absolute atomic E-state index is 12.4. The third kappa shape index (κ3) is 3.76. The fourth-order valence-electron chi connectivity index (χ4n) is 2.70. The molecule has 0 aromatic heterocycles. The summed E-state index contributed by atoms with van der Waals surface area (Å²) >= 11 is 0. The first-order chi connectivity index (χ1) is 10.0. The van der Waals surface area contributed by atoms with Gasteiger partial charge in [0, 0.05) is 24.7 Å². The van der Waals surface area contributed by atoms with E-state index in [9.17, 15) is 4.79 Å². The molecule has 116 valence electrons. The van der Waals surface area contributed by atoms with Crippen LogP contribution >= 0.6 is 0 Å². The second-order valence-corrected chi connectivity index (χ2v) is 5.84. The van der Waals surface area contributed by atoms with Crippen LogP contribution in [0.1, 0.15) is 43.9 Å². The van der Waals surface area contributed by atoms with Crippen LogP contribution in [0.5, 0.6) is 5.75 Å². The van der Waals surface area contributed by atoms with E-state index in [4.69, 9.17) is 4.74 Å². The molecular weight excluding hydrogens is 264 g/mol. The maximum Gasteiger partial charge on any atom is 0.263 e. The van der Waals surface area contributed by atoms with Crippen molar-refractivity contribution in [3.8, 4) is 5.75 Å². The molecule has 0 radical (unpaired) electrons. The minimum absolute atomic E-state index is 0.0936. The minimum Gasteiger partial charge on any atom is -0.481 e. The van der Waals surface area contributed by atoms with Crippen LogP contribution in [0.3, 0.4) is 0 Å². The average Bonchev–Trinajstić information content (AvgIpc) is 3.01. The van der Waals surface area contributed by atoms with Gasteiger partial charge in [0.1, 0.15) is 5.75 Å². The van der Waals surface area contributed by atoms with E-state index in [1.54, 1.807) is 0 Å². The largest absolute Gasteiger partial charge is 0.481 e. The van der Waals surface area contributed by atoms with Crippen molar-refractivity contribution in [1.82, 2.24) is 10.2 Å². The van der Waals surface area contributed by atoms with Crippen LogP contribution in [-0.4, -0.2) is 37.0 Å². The molecule has 0 saturated carbocycles. The molecule has 1 fully saturated rings. The number of aryl methyl sites for hydroxylation is 1. The summed E-state index contributed by atoms with van der Waals surface area (Å²) < 4.78 is 5.97. The average molecular weight is 290 g/mol. The summed E-state index contributed by atoms with van der Waals surface area (Å²) in [7, 11) is 1.93. The van der Waals surface area contributed by atoms with Crippen LogP contribution in [0.15, 0.2) is 18.2 Å². The van der Waals surface area contributed by atoms with Crippen LogP contribution in [0.2, 0.25) is 0 Å². The first kappa shape index (κ1) is 15.8. The number of nitrogens with zero attached hydrogens (tertiary/aromatic N) is 1. The second-order valence-electron chi connectivity index (χ2n) is 5.84. The number of carbonyl (C=O) groups is 1. The van der Waals surface area contributed by atoms with Crippen LogP contribution in [0.4, 0.5) is 0 Å². The highest BCUT2D eigenvalue weighted by Gasteiger charge is 2.25. The Bertz CT molecular complexity index is 496. The number of rotatable bonds is 5. The molecular formula is C17H26N2O2. The number of carbonyl (C=O) groups excluding carboxylic acids is 1. The molecule has 4 heteroatoms. The van der Waals surface area contributed by atoms with E-state index in [2.05, 4.69) is 25.2 Å². The van der Waals surface area contributed by atoms with Gasteiger partial charge in [-0.3, -0.25) is 4.79 Å². The second kappa shape index (κ2) is 6.94. The SMILES string of the molecule is CNC(C)c1cc(C)ccc1OC(C)C(=O)N1CCCC1. The van der Waals surface area contributed by atoms with Crippen LogP contribution in [0.25, 0.3) is 0 Å². The molecule has 4 nitrogen and oxygen atoms in total. The number of likely N-dealkylation sites (tertiary alicyclic amines) is 1. The Morgan fingerprint density at radius 2 is 1.95 bits per heavy atom. The van der Waals surface area contributed by atoms with Gasteiger partial charge in [0.05, 0.1) is 0 Å². The lowest BCUT2D eigenvalue weighted by Crippen LogP contribution is -2.38. The highest BCUT2D eigenvalue weighted by atomic mass is 16.5. The van der Waals surface area contributed by atoms with E-state index < -0.39 is 6.10 Å². The number of amides is 1. The Labute approximate surface area is 127 Å². The molecule has 2 rings (SSSR count). The molecule has 1 aromatic rings. The Morgan fingerprint density at radius 3 is 2.57 bits per heavy atom. The van der Waals surface area contributed by atoms with Gasteiger partial charge in [0.15, 0.2) is 6.10 Å². The van der Waals surface area contributed by atoms with Gasteiger partial charge in [0.2, 0.25) is 0 Å². The summed E-state index contributed by atoms with van der Waals surface area (Å²) in [6.45, 7) is 7.72. The third-order valence-corrected chi connectivity index (χ3v) is 4.13. The fourth-order valence-corrected chi connectivity index (χ4v) is 2.70. The van der Waals surface area contributed by atoms with Crippen molar-refractivity contribution in [2.24, 2.45) is 0 Å². The van der Waals surface area contributed by atoms with E-state index >= 15 is 0 Å². The van der Waals surface area contributed by atoms with E-state index in [0.717, 1.165) is 37.2 Å². The zero-order valence-electron chi connectivity index (χ0n) is 13.5. The van der Waals surface area contributed by atoms with Gasteiger partial charge in [-0.25, -0.2) is 0 Å². The van der Waals surface area contributed by atoms with Crippen molar-refractivity contribution in [2.45, 2.75) is 45.8 Å². The van der Waals surface area contributed by atoms with E-state index in [1.807, 2.05) is 31.0 Å². The van der Waals surface area contributed by atoms with Crippen molar-refractivity contribution < 1.29 is 9.53 Å². The van der Waals surface area contributed by atoms with E-state index in [0.29, 0.717) is 0 Å². The quantitative estimate of drug-likeness (QED) is 0.906. The zero-order valence-corrected chi connectivity index (χ0v) is 13.5. The van der Waals surface area contributed by atoms with Gasteiger partial charge in [-0.2, -0.15) is 0 Å². The lowest BCUT2D eigenvalue weighted by molar-refractivity contribution is -0.136. The first-order valence-electron chi connectivity index (χ1n) is 7.76. The number of nitrogens with one attached hydrogen (secondary N) is 1. The molecule has 1 aromatic carbocycles.